The molecule has 1 fully saturated rings. The average molecular weight is 170 g/mol. The highest BCUT2D eigenvalue weighted by molar-refractivity contribution is 4.80. The number of hydrogen-bond acceptors (Lipinski definition) is 2. The summed E-state index contributed by atoms with van der Waals surface area (Å²) in [6.07, 6.45) is 0. The molecule has 0 saturated carbocycles. The van der Waals surface area contributed by atoms with E-state index in [1.807, 2.05) is 0 Å². The van der Waals surface area contributed by atoms with Crippen molar-refractivity contribution in [1.29, 1.82) is 0 Å². The molecule has 1 saturated heterocycles. The molecule has 0 aromatic carbocycles. The maximum Gasteiger partial charge on any atom is 0.00356 e. The van der Waals surface area contributed by atoms with E-state index in [-0.39, 0.29) is 0 Å². The molecule has 72 valence electrons. The molecule has 0 aromatic rings. The zero-order chi connectivity index (χ0) is 9.14. The monoisotopic (exact) mass is 170 g/mol. The molecule has 1 N–H and O–H groups in total. The van der Waals surface area contributed by atoms with E-state index in [1.54, 1.807) is 0 Å². The molecule has 0 aliphatic carbocycles. The fourth-order valence-corrected chi connectivity index (χ4v) is 1.69. The van der Waals surface area contributed by atoms with Gasteiger partial charge in [-0.2, -0.15) is 0 Å². The van der Waals surface area contributed by atoms with Crippen molar-refractivity contribution in [2.45, 2.75) is 26.8 Å². The van der Waals surface area contributed by atoms with Crippen LogP contribution in [-0.4, -0.2) is 37.6 Å². The average Bonchev–Trinajstić information content (AvgIpc) is 2.36. The highest BCUT2D eigenvalue weighted by Gasteiger charge is 2.24. The van der Waals surface area contributed by atoms with Crippen LogP contribution in [0.2, 0.25) is 0 Å². The normalized spacial score (nSPS) is 30.5. The molecule has 0 spiro atoms. The highest BCUT2D eigenvalue weighted by Crippen LogP contribution is 2.17. The minimum atomic E-state index is 0.679. The molecule has 0 radical (unpaired) electrons. The summed E-state index contributed by atoms with van der Waals surface area (Å²) in [5.41, 5.74) is 0. The van der Waals surface area contributed by atoms with E-state index in [4.69, 9.17) is 0 Å². The van der Waals surface area contributed by atoms with Crippen LogP contribution in [0.5, 0.6) is 0 Å². The molecule has 1 heterocycles. The predicted molar refractivity (Wildman–Crippen MR) is 53.3 cm³/mol. The Bertz CT molecular complexity index is 134. The molecule has 1 aliphatic heterocycles. The standard InChI is InChI=1S/C10H22N2/c1-8(2)12(4)7-10-6-11-5-9(10)3/h8-11H,5-7H2,1-4H3. The van der Waals surface area contributed by atoms with Crippen LogP contribution in [0.1, 0.15) is 20.8 Å². The Morgan fingerprint density at radius 1 is 1.42 bits per heavy atom. The van der Waals surface area contributed by atoms with E-state index in [0.717, 1.165) is 11.8 Å². The molecule has 12 heavy (non-hydrogen) atoms. The largest absolute Gasteiger partial charge is 0.316 e. The zero-order valence-electron chi connectivity index (χ0n) is 8.80. The smallest absolute Gasteiger partial charge is 0.00356 e. The molecule has 2 unspecified atom stereocenters. The van der Waals surface area contributed by atoms with Gasteiger partial charge in [0.2, 0.25) is 0 Å². The quantitative estimate of drug-likeness (QED) is 0.684. The zero-order valence-corrected chi connectivity index (χ0v) is 8.80. The minimum absolute atomic E-state index is 0.679. The van der Waals surface area contributed by atoms with Crippen LogP contribution in [0.4, 0.5) is 0 Å². The van der Waals surface area contributed by atoms with Crippen molar-refractivity contribution >= 4 is 0 Å². The third-order valence-electron chi connectivity index (χ3n) is 3.08. The maximum atomic E-state index is 3.44. The number of nitrogens with zero attached hydrogens (tertiary/aromatic N) is 1. The molecular formula is C10H22N2. The van der Waals surface area contributed by atoms with Gasteiger partial charge in [-0.3, -0.25) is 0 Å². The van der Waals surface area contributed by atoms with Crippen LogP contribution in [0.3, 0.4) is 0 Å². The summed E-state index contributed by atoms with van der Waals surface area (Å²) in [4.78, 5) is 2.44. The van der Waals surface area contributed by atoms with Gasteiger partial charge in [0.1, 0.15) is 0 Å². The first-order valence-corrected chi connectivity index (χ1v) is 5.02. The van der Waals surface area contributed by atoms with E-state index in [2.05, 4.69) is 38.0 Å². The molecule has 2 atom stereocenters. The van der Waals surface area contributed by atoms with Crippen LogP contribution < -0.4 is 5.32 Å². The van der Waals surface area contributed by atoms with Crippen LogP contribution >= 0.6 is 0 Å². The van der Waals surface area contributed by atoms with E-state index in [9.17, 15) is 0 Å². The van der Waals surface area contributed by atoms with E-state index in [0.29, 0.717) is 6.04 Å². The second-order valence-electron chi connectivity index (χ2n) is 4.43. The molecule has 0 amide bonds. The van der Waals surface area contributed by atoms with Gasteiger partial charge in [-0.25, -0.2) is 0 Å². The van der Waals surface area contributed by atoms with Crippen molar-refractivity contribution < 1.29 is 0 Å². The Morgan fingerprint density at radius 2 is 2.08 bits per heavy atom. The third-order valence-corrected chi connectivity index (χ3v) is 3.08. The summed E-state index contributed by atoms with van der Waals surface area (Å²) >= 11 is 0. The Kier molecular flexibility index (Phi) is 3.53. The lowest BCUT2D eigenvalue weighted by Gasteiger charge is -2.26. The van der Waals surface area contributed by atoms with E-state index in [1.165, 1.54) is 19.6 Å². The molecule has 2 nitrogen and oxygen atoms in total. The van der Waals surface area contributed by atoms with Crippen molar-refractivity contribution in [3.05, 3.63) is 0 Å². The first-order chi connectivity index (χ1) is 5.61. The lowest BCUT2D eigenvalue weighted by Crippen LogP contribution is -2.34. The van der Waals surface area contributed by atoms with E-state index < -0.39 is 0 Å². The molecule has 1 rings (SSSR count). The Hall–Kier alpha value is -0.0800. The van der Waals surface area contributed by atoms with Gasteiger partial charge < -0.3 is 10.2 Å². The fraction of sp³-hybridized carbons (Fsp3) is 1.00. The van der Waals surface area contributed by atoms with Gasteiger partial charge in [0.05, 0.1) is 0 Å². The van der Waals surface area contributed by atoms with Gasteiger partial charge >= 0.3 is 0 Å². The second-order valence-corrected chi connectivity index (χ2v) is 4.43. The second kappa shape index (κ2) is 4.24. The molecular weight excluding hydrogens is 148 g/mol. The highest BCUT2D eigenvalue weighted by atomic mass is 15.1. The van der Waals surface area contributed by atoms with Crippen molar-refractivity contribution in [2.24, 2.45) is 11.8 Å². The first-order valence-electron chi connectivity index (χ1n) is 5.02. The molecule has 0 aromatic heterocycles. The Morgan fingerprint density at radius 3 is 2.50 bits per heavy atom. The van der Waals surface area contributed by atoms with Crippen LogP contribution in [0, 0.1) is 11.8 Å². The lowest BCUT2D eigenvalue weighted by molar-refractivity contribution is 0.218. The summed E-state index contributed by atoms with van der Waals surface area (Å²) in [6.45, 7) is 10.5. The van der Waals surface area contributed by atoms with E-state index >= 15 is 0 Å². The number of hydrogen-bond donors (Lipinski definition) is 1. The van der Waals surface area contributed by atoms with Gasteiger partial charge in [0.15, 0.2) is 0 Å². The predicted octanol–water partition coefficient (Wildman–Crippen LogP) is 1.18. The van der Waals surface area contributed by atoms with Crippen molar-refractivity contribution in [3.8, 4) is 0 Å². The Labute approximate surface area is 76.3 Å². The van der Waals surface area contributed by atoms with Crippen LogP contribution in [0.25, 0.3) is 0 Å². The summed E-state index contributed by atoms with van der Waals surface area (Å²) in [5.74, 6) is 1.71. The van der Waals surface area contributed by atoms with Gasteiger partial charge in [-0.05, 0) is 45.8 Å². The summed E-state index contributed by atoms with van der Waals surface area (Å²) in [5, 5.41) is 3.44. The number of nitrogens with one attached hydrogen (secondary N) is 1. The van der Waals surface area contributed by atoms with Crippen molar-refractivity contribution in [1.82, 2.24) is 10.2 Å². The molecule has 1 aliphatic rings. The number of rotatable bonds is 3. The van der Waals surface area contributed by atoms with Gasteiger partial charge in [0.25, 0.3) is 0 Å². The van der Waals surface area contributed by atoms with Crippen molar-refractivity contribution in [3.63, 3.8) is 0 Å². The van der Waals surface area contributed by atoms with Crippen LogP contribution in [-0.2, 0) is 0 Å². The van der Waals surface area contributed by atoms with Crippen LogP contribution in [0.15, 0.2) is 0 Å². The molecule has 2 heteroatoms. The SMILES string of the molecule is CC1CNCC1CN(C)C(C)C. The summed E-state index contributed by atoms with van der Waals surface area (Å²) < 4.78 is 0. The maximum absolute atomic E-state index is 3.44. The molecule has 0 bridgehead atoms. The Balaban J connectivity index is 2.30. The van der Waals surface area contributed by atoms with Gasteiger partial charge in [-0.15, -0.1) is 0 Å². The summed E-state index contributed by atoms with van der Waals surface area (Å²) in [7, 11) is 2.22. The third kappa shape index (κ3) is 2.46. The van der Waals surface area contributed by atoms with Gasteiger partial charge in [-0.1, -0.05) is 6.92 Å². The fourth-order valence-electron chi connectivity index (χ4n) is 1.69. The first kappa shape index (κ1) is 10.0. The van der Waals surface area contributed by atoms with Crippen molar-refractivity contribution in [2.75, 3.05) is 26.7 Å². The topological polar surface area (TPSA) is 15.3 Å². The van der Waals surface area contributed by atoms with Gasteiger partial charge in [0, 0.05) is 12.6 Å². The minimum Gasteiger partial charge on any atom is -0.316 e. The lowest BCUT2D eigenvalue weighted by atomic mass is 9.97. The summed E-state index contributed by atoms with van der Waals surface area (Å²) in [6, 6.07) is 0.679.